The normalized spacial score (nSPS) is 11.0. The zero-order chi connectivity index (χ0) is 18.8. The van der Waals surface area contributed by atoms with Gasteiger partial charge in [-0.05, 0) is 38.8 Å². The summed E-state index contributed by atoms with van der Waals surface area (Å²) >= 11 is 6.13. The summed E-state index contributed by atoms with van der Waals surface area (Å²) in [6.45, 7) is 9.15. The third-order valence-electron chi connectivity index (χ3n) is 4.46. The van der Waals surface area contributed by atoms with Crippen LogP contribution in [0.4, 0.5) is 5.69 Å². The first-order valence-electron chi connectivity index (χ1n) is 8.53. The van der Waals surface area contributed by atoms with Crippen LogP contribution in [-0.4, -0.2) is 25.5 Å². The summed E-state index contributed by atoms with van der Waals surface area (Å²) in [6, 6.07) is 8.20. The van der Waals surface area contributed by atoms with Gasteiger partial charge in [-0.25, -0.2) is 0 Å². The van der Waals surface area contributed by atoms with Crippen molar-refractivity contribution in [2.24, 2.45) is 0 Å². The molecule has 0 atom stereocenters. The Hall–Kier alpha value is -2.60. The number of benzene rings is 1. The Balaban J connectivity index is 1.85. The van der Waals surface area contributed by atoms with Crippen LogP contribution in [0.25, 0.3) is 0 Å². The molecule has 1 amide bonds. The summed E-state index contributed by atoms with van der Waals surface area (Å²) in [7, 11) is 0. The number of hydrogen-bond donors (Lipinski definition) is 1. The maximum atomic E-state index is 12.6. The van der Waals surface area contributed by atoms with Gasteiger partial charge < -0.3 is 5.32 Å². The highest BCUT2D eigenvalue weighted by atomic mass is 35.5. The number of halogens is 1. The summed E-state index contributed by atoms with van der Waals surface area (Å²) in [6.07, 6.45) is 1.65. The quantitative estimate of drug-likeness (QED) is 0.737. The molecule has 0 saturated carbocycles. The van der Waals surface area contributed by atoms with Crippen LogP contribution in [0.15, 0.2) is 30.5 Å². The SMILES string of the molecule is CCn1cc(Cl)c(C(=O)Nc2c(C)nn(Cc3ccccc3C)c2C)n1. The topological polar surface area (TPSA) is 64.7 Å². The average molecular weight is 372 g/mol. The third kappa shape index (κ3) is 3.51. The number of rotatable bonds is 5. The Morgan fingerprint density at radius 1 is 1.19 bits per heavy atom. The Morgan fingerprint density at radius 3 is 2.58 bits per heavy atom. The van der Waals surface area contributed by atoms with Crippen molar-refractivity contribution in [1.29, 1.82) is 0 Å². The average Bonchev–Trinajstić information content (AvgIpc) is 3.11. The second kappa shape index (κ2) is 7.33. The first kappa shape index (κ1) is 18.2. The number of carbonyl (C=O) groups excluding carboxylic acids is 1. The maximum Gasteiger partial charge on any atom is 0.277 e. The van der Waals surface area contributed by atoms with Crippen LogP contribution in [0.5, 0.6) is 0 Å². The molecule has 1 N–H and O–H groups in total. The Bertz CT molecular complexity index is 957. The molecule has 0 unspecified atom stereocenters. The molecule has 0 aliphatic rings. The van der Waals surface area contributed by atoms with Crippen molar-refractivity contribution in [3.05, 3.63) is 63.7 Å². The second-order valence-electron chi connectivity index (χ2n) is 6.27. The van der Waals surface area contributed by atoms with E-state index in [2.05, 4.69) is 34.6 Å². The first-order chi connectivity index (χ1) is 12.4. The van der Waals surface area contributed by atoms with Crippen molar-refractivity contribution in [3.63, 3.8) is 0 Å². The molecular formula is C19H22ClN5O. The lowest BCUT2D eigenvalue weighted by molar-refractivity contribution is 0.102. The fourth-order valence-electron chi connectivity index (χ4n) is 2.87. The first-order valence-corrected chi connectivity index (χ1v) is 8.91. The van der Waals surface area contributed by atoms with E-state index in [1.54, 1.807) is 10.9 Å². The molecule has 26 heavy (non-hydrogen) atoms. The smallest absolute Gasteiger partial charge is 0.277 e. The predicted molar refractivity (Wildman–Crippen MR) is 103 cm³/mol. The number of carbonyl (C=O) groups is 1. The van der Waals surface area contributed by atoms with Gasteiger partial charge in [0.2, 0.25) is 0 Å². The lowest BCUT2D eigenvalue weighted by atomic mass is 10.1. The zero-order valence-electron chi connectivity index (χ0n) is 15.4. The monoisotopic (exact) mass is 371 g/mol. The summed E-state index contributed by atoms with van der Waals surface area (Å²) < 4.78 is 3.54. The molecule has 0 saturated heterocycles. The summed E-state index contributed by atoms with van der Waals surface area (Å²) in [5.74, 6) is -0.330. The molecule has 1 aromatic carbocycles. The van der Waals surface area contributed by atoms with E-state index in [0.717, 1.165) is 11.4 Å². The van der Waals surface area contributed by atoms with E-state index in [1.807, 2.05) is 37.6 Å². The van der Waals surface area contributed by atoms with E-state index in [4.69, 9.17) is 11.6 Å². The van der Waals surface area contributed by atoms with Crippen molar-refractivity contribution >= 4 is 23.2 Å². The van der Waals surface area contributed by atoms with Crippen molar-refractivity contribution in [3.8, 4) is 0 Å². The lowest BCUT2D eigenvalue weighted by Crippen LogP contribution is -2.15. The molecule has 7 heteroatoms. The third-order valence-corrected chi connectivity index (χ3v) is 4.73. The van der Waals surface area contributed by atoms with Crippen molar-refractivity contribution in [2.45, 2.75) is 40.8 Å². The number of nitrogens with zero attached hydrogens (tertiary/aromatic N) is 4. The number of anilines is 1. The second-order valence-corrected chi connectivity index (χ2v) is 6.67. The molecule has 0 aliphatic carbocycles. The van der Waals surface area contributed by atoms with Crippen LogP contribution in [0.1, 0.15) is 39.9 Å². The Labute approximate surface area is 157 Å². The maximum absolute atomic E-state index is 12.6. The number of aromatic nitrogens is 4. The molecule has 0 bridgehead atoms. The van der Waals surface area contributed by atoms with Crippen LogP contribution in [0.3, 0.4) is 0 Å². The van der Waals surface area contributed by atoms with E-state index in [-0.39, 0.29) is 11.6 Å². The van der Waals surface area contributed by atoms with E-state index in [1.165, 1.54) is 11.1 Å². The highest BCUT2D eigenvalue weighted by Gasteiger charge is 2.20. The minimum absolute atomic E-state index is 0.221. The lowest BCUT2D eigenvalue weighted by Gasteiger charge is -2.08. The van der Waals surface area contributed by atoms with Crippen molar-refractivity contribution in [2.75, 3.05) is 5.32 Å². The minimum Gasteiger partial charge on any atom is -0.317 e. The molecule has 0 spiro atoms. The number of aryl methyl sites for hydroxylation is 3. The zero-order valence-corrected chi connectivity index (χ0v) is 16.1. The Kier molecular flexibility index (Phi) is 5.13. The number of hydrogen-bond acceptors (Lipinski definition) is 3. The molecule has 3 rings (SSSR count). The van der Waals surface area contributed by atoms with Gasteiger partial charge in [-0.1, -0.05) is 35.9 Å². The van der Waals surface area contributed by atoms with Gasteiger partial charge in [-0.15, -0.1) is 0 Å². The predicted octanol–water partition coefficient (Wildman–Crippen LogP) is 3.98. The van der Waals surface area contributed by atoms with E-state index < -0.39 is 0 Å². The van der Waals surface area contributed by atoms with Crippen LogP contribution >= 0.6 is 11.6 Å². The molecule has 2 aromatic heterocycles. The van der Waals surface area contributed by atoms with Crippen molar-refractivity contribution in [1.82, 2.24) is 19.6 Å². The molecule has 6 nitrogen and oxygen atoms in total. The standard InChI is InChI=1S/C19H22ClN5O/c1-5-24-11-16(20)18(23-24)19(26)21-17-13(3)22-25(14(17)4)10-15-9-7-6-8-12(15)2/h6-9,11H,5,10H2,1-4H3,(H,21,26). The van der Waals surface area contributed by atoms with Gasteiger partial charge in [0.1, 0.15) is 0 Å². The van der Waals surface area contributed by atoms with Crippen LogP contribution < -0.4 is 5.32 Å². The number of amides is 1. The summed E-state index contributed by atoms with van der Waals surface area (Å²) in [5, 5.41) is 12.0. The minimum atomic E-state index is -0.330. The van der Waals surface area contributed by atoms with Crippen molar-refractivity contribution < 1.29 is 4.79 Å². The summed E-state index contributed by atoms with van der Waals surface area (Å²) in [5.41, 5.74) is 4.98. The molecule has 3 aromatic rings. The molecular weight excluding hydrogens is 350 g/mol. The Morgan fingerprint density at radius 2 is 1.92 bits per heavy atom. The van der Waals surface area contributed by atoms with Crippen LogP contribution in [0.2, 0.25) is 5.02 Å². The molecule has 2 heterocycles. The van der Waals surface area contributed by atoms with E-state index in [0.29, 0.717) is 23.8 Å². The largest absolute Gasteiger partial charge is 0.317 e. The van der Waals surface area contributed by atoms with Gasteiger partial charge in [0, 0.05) is 12.7 Å². The summed E-state index contributed by atoms with van der Waals surface area (Å²) in [4.78, 5) is 12.6. The molecule has 0 aliphatic heterocycles. The highest BCUT2D eigenvalue weighted by molar-refractivity contribution is 6.34. The van der Waals surface area contributed by atoms with Gasteiger partial charge >= 0.3 is 0 Å². The van der Waals surface area contributed by atoms with E-state index >= 15 is 0 Å². The molecule has 0 radical (unpaired) electrons. The molecule has 136 valence electrons. The van der Waals surface area contributed by atoms with Gasteiger partial charge in [-0.3, -0.25) is 14.2 Å². The number of nitrogens with one attached hydrogen (secondary N) is 1. The highest BCUT2D eigenvalue weighted by Crippen LogP contribution is 2.23. The van der Waals surface area contributed by atoms with Gasteiger partial charge in [-0.2, -0.15) is 10.2 Å². The fraction of sp³-hybridized carbons (Fsp3) is 0.316. The van der Waals surface area contributed by atoms with Crippen LogP contribution in [-0.2, 0) is 13.1 Å². The van der Waals surface area contributed by atoms with Gasteiger partial charge in [0.25, 0.3) is 5.91 Å². The van der Waals surface area contributed by atoms with Crippen LogP contribution in [0, 0.1) is 20.8 Å². The van der Waals surface area contributed by atoms with E-state index in [9.17, 15) is 4.79 Å². The van der Waals surface area contributed by atoms with Gasteiger partial charge in [0.15, 0.2) is 5.69 Å². The molecule has 0 fully saturated rings. The van der Waals surface area contributed by atoms with Gasteiger partial charge in [0.05, 0.1) is 28.6 Å². The fourth-order valence-corrected chi connectivity index (χ4v) is 3.10.